The second kappa shape index (κ2) is 9.69. The van der Waals surface area contributed by atoms with Crippen LogP contribution in [0.5, 0.6) is 0 Å². The van der Waals surface area contributed by atoms with E-state index in [4.69, 9.17) is 0 Å². The van der Waals surface area contributed by atoms with Crippen LogP contribution in [-0.4, -0.2) is 70.3 Å². The van der Waals surface area contributed by atoms with E-state index in [1.165, 1.54) is 16.0 Å². The summed E-state index contributed by atoms with van der Waals surface area (Å²) in [4.78, 5) is 31.8. The van der Waals surface area contributed by atoms with Gasteiger partial charge in [0.15, 0.2) is 0 Å². The van der Waals surface area contributed by atoms with E-state index in [1.54, 1.807) is 4.90 Å². The van der Waals surface area contributed by atoms with E-state index in [9.17, 15) is 9.59 Å². The van der Waals surface area contributed by atoms with Crippen molar-refractivity contribution in [1.29, 1.82) is 0 Å². The van der Waals surface area contributed by atoms with Crippen LogP contribution in [-0.2, 0) is 28.0 Å². The van der Waals surface area contributed by atoms with Gasteiger partial charge in [-0.2, -0.15) is 4.41 Å². The molecule has 7 heteroatoms. The molecule has 1 atom stereocenters. The Hall–Kier alpha value is -2.19. The van der Waals surface area contributed by atoms with Gasteiger partial charge >= 0.3 is 0 Å². The number of fused-ring (bicyclic) bond motifs is 3. The summed E-state index contributed by atoms with van der Waals surface area (Å²) in [6.07, 6.45) is 5.05. The summed E-state index contributed by atoms with van der Waals surface area (Å²) < 4.78 is 2.41. The van der Waals surface area contributed by atoms with Gasteiger partial charge in [0.05, 0.1) is 12.0 Å². The number of imide groups is 1. The molecule has 1 spiro atoms. The molecule has 35 heavy (non-hydrogen) atoms. The van der Waals surface area contributed by atoms with Gasteiger partial charge < -0.3 is 4.90 Å². The van der Waals surface area contributed by atoms with Crippen LogP contribution in [0.1, 0.15) is 48.8 Å². The molecule has 1 unspecified atom stereocenters. The number of aryl methyl sites for hydroxylation is 1. The number of carbonyl (C=O) groups excluding carboxylic acids is 2. The van der Waals surface area contributed by atoms with Crippen molar-refractivity contribution in [1.82, 2.24) is 19.2 Å². The number of nitrogens with zero attached hydrogens (tertiary/aromatic N) is 4. The number of unbranched alkanes of at least 4 members (excludes halogenated alkanes) is 1. The molecule has 2 saturated heterocycles. The van der Waals surface area contributed by atoms with Crippen molar-refractivity contribution >= 4 is 23.8 Å². The summed E-state index contributed by atoms with van der Waals surface area (Å²) in [7, 11) is 0. The number of amides is 2. The molecule has 0 N–H and O–H groups in total. The van der Waals surface area contributed by atoms with Crippen molar-refractivity contribution in [2.75, 3.05) is 39.3 Å². The van der Waals surface area contributed by atoms with Gasteiger partial charge in [0.2, 0.25) is 11.8 Å². The molecule has 4 aliphatic rings. The van der Waals surface area contributed by atoms with Crippen LogP contribution in [0.15, 0.2) is 53.4 Å². The van der Waals surface area contributed by atoms with Crippen LogP contribution in [0, 0.1) is 0 Å². The Balaban J connectivity index is 0.966. The first kappa shape index (κ1) is 23.2. The standard InChI is InChI=1S/C28H34N4O2S/c33-26-20-28(13-7-10-22-8-1-3-11-24(22)28)27(34)31(26)15-6-5-14-29-16-18-30(19-17-29)32-21-23-9-2-4-12-25(23)35-32/h1-4,8-9,11-12H,5-7,10,13-21H2. The van der Waals surface area contributed by atoms with Crippen LogP contribution < -0.4 is 0 Å². The Labute approximate surface area is 212 Å². The van der Waals surface area contributed by atoms with E-state index in [0.29, 0.717) is 13.0 Å². The number of piperazine rings is 1. The number of hydrogen-bond acceptors (Lipinski definition) is 6. The largest absolute Gasteiger partial charge is 0.301 e. The topological polar surface area (TPSA) is 47.1 Å². The molecule has 6 nitrogen and oxygen atoms in total. The van der Waals surface area contributed by atoms with Crippen molar-refractivity contribution in [3.63, 3.8) is 0 Å². The van der Waals surface area contributed by atoms with Crippen LogP contribution in [0.25, 0.3) is 0 Å². The van der Waals surface area contributed by atoms with Gasteiger partial charge in [-0.3, -0.25) is 14.5 Å². The lowest BCUT2D eigenvalue weighted by Crippen LogP contribution is -2.50. The van der Waals surface area contributed by atoms with Crippen molar-refractivity contribution in [2.45, 2.75) is 55.4 Å². The molecule has 1 aliphatic carbocycles. The lowest BCUT2D eigenvalue weighted by atomic mass is 9.69. The molecule has 2 aromatic rings. The van der Waals surface area contributed by atoms with Crippen LogP contribution >= 0.6 is 11.9 Å². The van der Waals surface area contributed by atoms with Crippen molar-refractivity contribution in [3.8, 4) is 0 Å². The molecule has 0 bridgehead atoms. The molecule has 184 valence electrons. The Morgan fingerprint density at radius 1 is 0.857 bits per heavy atom. The average molecular weight is 491 g/mol. The van der Waals surface area contributed by atoms with E-state index in [-0.39, 0.29) is 11.8 Å². The van der Waals surface area contributed by atoms with E-state index < -0.39 is 5.41 Å². The predicted octanol–water partition coefficient (Wildman–Crippen LogP) is 3.86. The molecule has 3 heterocycles. The highest BCUT2D eigenvalue weighted by Gasteiger charge is 2.53. The maximum absolute atomic E-state index is 13.5. The maximum atomic E-state index is 13.5. The second-order valence-corrected chi connectivity index (χ2v) is 11.4. The highest BCUT2D eigenvalue weighted by molar-refractivity contribution is 7.97. The van der Waals surface area contributed by atoms with E-state index in [0.717, 1.165) is 76.9 Å². The Morgan fingerprint density at radius 2 is 1.60 bits per heavy atom. The lowest BCUT2D eigenvalue weighted by molar-refractivity contribution is -0.140. The Kier molecular flexibility index (Phi) is 6.43. The van der Waals surface area contributed by atoms with Crippen LogP contribution in [0.4, 0.5) is 0 Å². The number of likely N-dealkylation sites (tertiary alicyclic amines) is 1. The minimum Gasteiger partial charge on any atom is -0.301 e. The Morgan fingerprint density at radius 3 is 2.43 bits per heavy atom. The molecule has 2 aromatic carbocycles. The maximum Gasteiger partial charge on any atom is 0.240 e. The van der Waals surface area contributed by atoms with Gasteiger partial charge in [-0.1, -0.05) is 42.5 Å². The smallest absolute Gasteiger partial charge is 0.240 e. The first-order valence-corrected chi connectivity index (χ1v) is 13.9. The zero-order chi connectivity index (χ0) is 23.8. The summed E-state index contributed by atoms with van der Waals surface area (Å²) in [6, 6.07) is 16.9. The van der Waals surface area contributed by atoms with Gasteiger partial charge in [0, 0.05) is 44.0 Å². The third kappa shape index (κ3) is 4.33. The molecule has 6 rings (SSSR count). The highest BCUT2D eigenvalue weighted by Crippen LogP contribution is 2.45. The fourth-order valence-corrected chi connectivity index (χ4v) is 7.41. The van der Waals surface area contributed by atoms with Gasteiger partial charge in [0.25, 0.3) is 0 Å². The predicted molar refractivity (Wildman–Crippen MR) is 137 cm³/mol. The number of benzene rings is 2. The van der Waals surface area contributed by atoms with Gasteiger partial charge in [-0.25, -0.2) is 5.01 Å². The van der Waals surface area contributed by atoms with Crippen molar-refractivity contribution in [2.24, 2.45) is 0 Å². The minimum absolute atomic E-state index is 0.0180. The van der Waals surface area contributed by atoms with E-state index >= 15 is 0 Å². The molecular formula is C28H34N4O2S. The first-order chi connectivity index (χ1) is 17.1. The summed E-state index contributed by atoms with van der Waals surface area (Å²) >= 11 is 1.86. The SMILES string of the molecule is O=C1CC2(CCCc3ccccc32)C(=O)N1CCCCN1CCN(N2Cc3ccccc3S2)CC1. The Bertz CT molecular complexity index is 1090. The zero-order valence-electron chi connectivity index (χ0n) is 20.3. The van der Waals surface area contributed by atoms with Crippen LogP contribution in [0.2, 0.25) is 0 Å². The fourth-order valence-electron chi connectivity index (χ4n) is 6.32. The molecule has 3 aliphatic heterocycles. The number of hydrogen-bond donors (Lipinski definition) is 0. The lowest BCUT2D eigenvalue weighted by Gasteiger charge is -2.38. The summed E-state index contributed by atoms with van der Waals surface area (Å²) in [5, 5.41) is 2.48. The molecule has 2 fully saturated rings. The number of rotatable bonds is 6. The first-order valence-electron chi connectivity index (χ1n) is 13.1. The van der Waals surface area contributed by atoms with Gasteiger partial charge in [-0.15, -0.1) is 0 Å². The molecular weight excluding hydrogens is 456 g/mol. The monoisotopic (exact) mass is 490 g/mol. The summed E-state index contributed by atoms with van der Waals surface area (Å²) in [5.41, 5.74) is 3.17. The van der Waals surface area contributed by atoms with E-state index in [1.807, 2.05) is 24.1 Å². The van der Waals surface area contributed by atoms with Gasteiger partial charge in [-0.05, 0) is 73.4 Å². The van der Waals surface area contributed by atoms with Gasteiger partial charge in [0.1, 0.15) is 0 Å². The average Bonchev–Trinajstić information content (AvgIpc) is 3.42. The summed E-state index contributed by atoms with van der Waals surface area (Å²) in [5.74, 6) is 0.0665. The second-order valence-electron chi connectivity index (χ2n) is 10.3. The molecule has 0 saturated carbocycles. The van der Waals surface area contributed by atoms with Crippen molar-refractivity contribution in [3.05, 3.63) is 65.2 Å². The normalized spacial score (nSPS) is 25.4. The number of hydrazine groups is 1. The minimum atomic E-state index is -0.602. The third-order valence-corrected chi connectivity index (χ3v) is 9.41. The van der Waals surface area contributed by atoms with Crippen molar-refractivity contribution < 1.29 is 9.59 Å². The quantitative estimate of drug-likeness (QED) is 0.348. The van der Waals surface area contributed by atoms with Crippen LogP contribution in [0.3, 0.4) is 0 Å². The molecule has 2 amide bonds. The number of carbonyl (C=O) groups is 2. The molecule has 0 radical (unpaired) electrons. The third-order valence-electron chi connectivity index (χ3n) is 8.24. The van der Waals surface area contributed by atoms with E-state index in [2.05, 4.69) is 50.7 Å². The highest BCUT2D eigenvalue weighted by atomic mass is 32.2. The molecule has 0 aromatic heterocycles. The fraction of sp³-hybridized carbons (Fsp3) is 0.500. The zero-order valence-corrected chi connectivity index (χ0v) is 21.1. The summed E-state index contributed by atoms with van der Waals surface area (Å²) in [6.45, 7) is 6.81.